The SMILES string of the molecule is C#CC(C)(C)NC(=O)c1[nH]nc2c(F)c(-c3c(F)ccc(N(c4cc(Cl)cnc4OC)S(=O)O)c3F)ccc12. The Morgan fingerprint density at radius 3 is 2.59 bits per heavy atom. The van der Waals surface area contributed by atoms with Crippen molar-refractivity contribution in [3.05, 3.63) is 64.7 Å². The second-order valence-electron chi connectivity index (χ2n) is 8.61. The number of methoxy groups -OCH3 is 1. The van der Waals surface area contributed by atoms with E-state index in [9.17, 15) is 17.9 Å². The second-order valence-corrected chi connectivity index (χ2v) is 9.87. The minimum Gasteiger partial charge on any atom is -0.479 e. The summed E-state index contributed by atoms with van der Waals surface area (Å²) in [6, 6.07) is 5.19. The summed E-state index contributed by atoms with van der Waals surface area (Å²) in [4.78, 5) is 16.6. The maximum absolute atomic E-state index is 15.9. The van der Waals surface area contributed by atoms with Crippen LogP contribution in [0.5, 0.6) is 5.88 Å². The molecule has 14 heteroatoms. The summed E-state index contributed by atoms with van der Waals surface area (Å²) >= 11 is 3.05. The fourth-order valence-electron chi connectivity index (χ4n) is 3.76. The first-order valence-electron chi connectivity index (χ1n) is 11.0. The molecule has 4 rings (SSSR count). The van der Waals surface area contributed by atoms with Crippen LogP contribution in [0.15, 0.2) is 36.5 Å². The Bertz CT molecular complexity index is 1690. The summed E-state index contributed by atoms with van der Waals surface area (Å²) in [7, 11) is 1.22. The van der Waals surface area contributed by atoms with Crippen molar-refractivity contribution in [3.63, 3.8) is 0 Å². The van der Waals surface area contributed by atoms with E-state index in [2.05, 4.69) is 26.4 Å². The van der Waals surface area contributed by atoms with Gasteiger partial charge in [-0.1, -0.05) is 23.6 Å². The number of aromatic nitrogens is 3. The van der Waals surface area contributed by atoms with Gasteiger partial charge >= 0.3 is 0 Å². The average Bonchev–Trinajstić information content (AvgIpc) is 3.32. The third-order valence-corrected chi connectivity index (χ3v) is 6.52. The van der Waals surface area contributed by atoms with Crippen molar-refractivity contribution in [2.45, 2.75) is 19.4 Å². The summed E-state index contributed by atoms with van der Waals surface area (Å²) in [5.41, 5.74) is -3.72. The van der Waals surface area contributed by atoms with Crippen LogP contribution in [0.4, 0.5) is 24.5 Å². The highest BCUT2D eigenvalue weighted by molar-refractivity contribution is 7.81. The molecule has 1 unspecified atom stereocenters. The minimum absolute atomic E-state index is 0.0319. The maximum atomic E-state index is 15.9. The Morgan fingerprint density at radius 2 is 1.95 bits per heavy atom. The van der Waals surface area contributed by atoms with Crippen LogP contribution >= 0.6 is 11.6 Å². The summed E-state index contributed by atoms with van der Waals surface area (Å²) in [6.45, 7) is 3.16. The van der Waals surface area contributed by atoms with E-state index < -0.39 is 57.0 Å². The van der Waals surface area contributed by atoms with E-state index >= 15 is 8.78 Å². The highest BCUT2D eigenvalue weighted by atomic mass is 35.5. The number of ether oxygens (including phenoxy) is 1. The van der Waals surface area contributed by atoms with Gasteiger partial charge in [-0.25, -0.2) is 26.7 Å². The first kappa shape index (κ1) is 27.9. The monoisotopic (exact) mass is 577 g/mol. The van der Waals surface area contributed by atoms with Gasteiger partial charge in [0.15, 0.2) is 11.6 Å². The lowest BCUT2D eigenvalue weighted by Crippen LogP contribution is -2.42. The molecule has 0 spiro atoms. The number of terminal acetylenes is 1. The number of benzene rings is 2. The lowest BCUT2D eigenvalue weighted by molar-refractivity contribution is 0.0926. The van der Waals surface area contributed by atoms with Crippen molar-refractivity contribution in [1.29, 1.82) is 0 Å². The van der Waals surface area contributed by atoms with Crippen LogP contribution in [-0.2, 0) is 11.3 Å². The molecule has 0 saturated heterocycles. The first-order chi connectivity index (χ1) is 18.4. The molecular weight excluding hydrogens is 559 g/mol. The highest BCUT2D eigenvalue weighted by Gasteiger charge is 2.29. The summed E-state index contributed by atoms with van der Waals surface area (Å²) in [5.74, 6) is -2.15. The molecule has 2 aromatic carbocycles. The fourth-order valence-corrected chi connectivity index (χ4v) is 4.52. The van der Waals surface area contributed by atoms with Crippen LogP contribution in [-0.4, -0.2) is 42.5 Å². The zero-order valence-corrected chi connectivity index (χ0v) is 22.0. The quantitative estimate of drug-likeness (QED) is 0.207. The molecule has 1 amide bonds. The van der Waals surface area contributed by atoms with Crippen molar-refractivity contribution < 1.29 is 31.5 Å². The van der Waals surface area contributed by atoms with Crippen LogP contribution in [0.2, 0.25) is 5.02 Å². The van der Waals surface area contributed by atoms with E-state index in [0.29, 0.717) is 4.31 Å². The molecule has 0 fully saturated rings. The smallest absolute Gasteiger partial charge is 0.271 e. The number of halogens is 4. The van der Waals surface area contributed by atoms with Gasteiger partial charge in [-0.15, -0.1) is 6.42 Å². The van der Waals surface area contributed by atoms with E-state index in [1.807, 2.05) is 0 Å². The lowest BCUT2D eigenvalue weighted by atomic mass is 10.00. The largest absolute Gasteiger partial charge is 0.479 e. The van der Waals surface area contributed by atoms with Crippen LogP contribution in [0.1, 0.15) is 24.3 Å². The van der Waals surface area contributed by atoms with E-state index in [0.717, 1.165) is 18.2 Å². The van der Waals surface area contributed by atoms with Gasteiger partial charge in [0, 0.05) is 17.1 Å². The standard InChI is InChI=1S/C25H19ClF3N5O4S/c1-5-25(2,3)31-23(35)22-14-7-6-13(19(28)21(14)32-33-22)18-15(27)8-9-16(20(18)29)34(39(36)37)17-10-12(26)11-30-24(17)38-4/h1,6-11H,2-4H3,(H,31,35)(H,32,33)(H,36,37). The predicted molar refractivity (Wildman–Crippen MR) is 140 cm³/mol. The van der Waals surface area contributed by atoms with Crippen LogP contribution in [0, 0.1) is 29.8 Å². The van der Waals surface area contributed by atoms with Gasteiger partial charge in [0.1, 0.15) is 22.7 Å². The molecule has 2 aromatic heterocycles. The van der Waals surface area contributed by atoms with Gasteiger partial charge in [0.25, 0.3) is 17.2 Å². The Kier molecular flexibility index (Phi) is 7.56. The number of nitrogens with one attached hydrogen (secondary N) is 2. The molecule has 0 aliphatic heterocycles. The third kappa shape index (κ3) is 5.14. The molecule has 0 saturated carbocycles. The Balaban J connectivity index is 1.87. The van der Waals surface area contributed by atoms with Gasteiger partial charge in [-0.3, -0.25) is 14.4 Å². The molecule has 0 bridgehead atoms. The Morgan fingerprint density at radius 1 is 1.23 bits per heavy atom. The van der Waals surface area contributed by atoms with Gasteiger partial charge in [0.2, 0.25) is 5.88 Å². The first-order valence-corrected chi connectivity index (χ1v) is 12.4. The number of nitrogens with zero attached hydrogens (tertiary/aromatic N) is 3. The number of hydrogen-bond donors (Lipinski definition) is 3. The maximum Gasteiger partial charge on any atom is 0.271 e. The second kappa shape index (κ2) is 10.6. The molecular formula is C25H19ClF3N5O4S. The summed E-state index contributed by atoms with van der Waals surface area (Å²) in [6.07, 6.45) is 6.59. The molecule has 0 aliphatic carbocycles. The average molecular weight is 578 g/mol. The van der Waals surface area contributed by atoms with E-state index in [1.165, 1.54) is 25.4 Å². The number of H-pyrrole nitrogens is 1. The third-order valence-electron chi connectivity index (χ3n) is 5.61. The highest BCUT2D eigenvalue weighted by Crippen LogP contribution is 2.41. The minimum atomic E-state index is -2.92. The van der Waals surface area contributed by atoms with Crippen molar-refractivity contribution in [3.8, 4) is 29.4 Å². The molecule has 1 atom stereocenters. The molecule has 0 radical (unpaired) electrons. The molecule has 4 aromatic rings. The van der Waals surface area contributed by atoms with E-state index in [-0.39, 0.29) is 33.2 Å². The number of aromatic amines is 1. The number of anilines is 2. The fraction of sp³-hybridized carbons (Fsp3) is 0.160. The number of fused-ring (bicyclic) bond motifs is 1. The van der Waals surface area contributed by atoms with E-state index in [1.54, 1.807) is 13.8 Å². The van der Waals surface area contributed by atoms with Gasteiger partial charge in [0.05, 0.1) is 28.9 Å². The number of rotatable bonds is 7. The van der Waals surface area contributed by atoms with Crippen molar-refractivity contribution >= 4 is 51.1 Å². The molecule has 9 nitrogen and oxygen atoms in total. The molecule has 202 valence electrons. The predicted octanol–water partition coefficient (Wildman–Crippen LogP) is 5.12. The number of carbonyl (C=O) groups is 1. The zero-order valence-electron chi connectivity index (χ0n) is 20.5. The number of hydrogen-bond acceptors (Lipinski definition) is 5. The zero-order chi connectivity index (χ0) is 28.6. The molecule has 3 N–H and O–H groups in total. The van der Waals surface area contributed by atoms with Crippen molar-refractivity contribution in [2.75, 3.05) is 11.4 Å². The Labute approximate surface area is 227 Å². The Hall–Kier alpha value is -4.12. The van der Waals surface area contributed by atoms with Gasteiger partial charge in [-0.2, -0.15) is 5.10 Å². The van der Waals surface area contributed by atoms with Crippen molar-refractivity contribution in [1.82, 2.24) is 20.5 Å². The molecule has 39 heavy (non-hydrogen) atoms. The normalized spacial score (nSPS) is 12.2. The number of amides is 1. The molecule has 2 heterocycles. The van der Waals surface area contributed by atoms with Gasteiger partial charge in [-0.05, 0) is 38.1 Å². The number of pyridine rings is 1. The lowest BCUT2D eigenvalue weighted by Gasteiger charge is -2.23. The van der Waals surface area contributed by atoms with Crippen molar-refractivity contribution in [2.24, 2.45) is 0 Å². The van der Waals surface area contributed by atoms with E-state index in [4.69, 9.17) is 22.8 Å². The molecule has 0 aliphatic rings. The summed E-state index contributed by atoms with van der Waals surface area (Å²) in [5, 5.41) is 8.87. The topological polar surface area (TPSA) is 120 Å². The van der Waals surface area contributed by atoms with Crippen LogP contribution in [0.3, 0.4) is 0 Å². The number of carbonyl (C=O) groups excluding carboxylic acids is 1. The van der Waals surface area contributed by atoms with Crippen LogP contribution < -0.4 is 14.4 Å². The summed E-state index contributed by atoms with van der Waals surface area (Å²) < 4.78 is 74.5. The van der Waals surface area contributed by atoms with Gasteiger partial charge < -0.3 is 10.1 Å². The van der Waals surface area contributed by atoms with Crippen LogP contribution in [0.25, 0.3) is 22.0 Å².